The van der Waals surface area contributed by atoms with E-state index in [0.717, 1.165) is 17.5 Å². The fourth-order valence-electron chi connectivity index (χ4n) is 3.81. The molecule has 10 nitrogen and oxygen atoms in total. The molecule has 0 unspecified atom stereocenters. The second-order valence-electron chi connectivity index (χ2n) is 7.42. The number of morpholine rings is 1. The molecule has 0 radical (unpaired) electrons. The maximum atomic E-state index is 12.9. The van der Waals surface area contributed by atoms with Gasteiger partial charge in [-0.1, -0.05) is 0 Å². The Kier molecular flexibility index (Phi) is 5.81. The Labute approximate surface area is 178 Å². The van der Waals surface area contributed by atoms with Gasteiger partial charge in [0.05, 0.1) is 23.8 Å². The van der Waals surface area contributed by atoms with Crippen molar-refractivity contribution >= 4 is 23.2 Å². The Morgan fingerprint density at radius 2 is 1.87 bits per heavy atom. The number of rotatable bonds is 4. The Hall–Kier alpha value is -3.53. The van der Waals surface area contributed by atoms with Crippen molar-refractivity contribution in [1.82, 2.24) is 10.3 Å². The molecule has 1 fully saturated rings. The quantitative estimate of drug-likeness (QED) is 0.591. The lowest BCUT2D eigenvalue weighted by atomic mass is 9.93. The van der Waals surface area contributed by atoms with Gasteiger partial charge in [-0.15, -0.1) is 0 Å². The van der Waals surface area contributed by atoms with Crippen LogP contribution < -0.4 is 5.43 Å². The van der Waals surface area contributed by atoms with Crippen molar-refractivity contribution in [3.63, 3.8) is 0 Å². The van der Waals surface area contributed by atoms with E-state index in [4.69, 9.17) is 9.15 Å². The number of amides is 2. The van der Waals surface area contributed by atoms with E-state index in [2.05, 4.69) is 10.5 Å². The molecular formula is C21H22N4O6. The number of benzene rings is 1. The number of hydrogen-bond acceptors (Lipinski definition) is 7. The van der Waals surface area contributed by atoms with Gasteiger partial charge in [0.1, 0.15) is 5.76 Å². The average Bonchev–Trinajstić information content (AvgIpc) is 3.14. The molecule has 1 aromatic carbocycles. The predicted molar refractivity (Wildman–Crippen MR) is 110 cm³/mol. The van der Waals surface area contributed by atoms with E-state index < -0.39 is 10.8 Å². The predicted octanol–water partition coefficient (Wildman–Crippen LogP) is 2.44. The fraction of sp³-hybridized carbons (Fsp3) is 0.381. The Morgan fingerprint density at radius 3 is 2.55 bits per heavy atom. The van der Waals surface area contributed by atoms with Crippen LogP contribution in [0, 0.1) is 17.0 Å². The minimum absolute atomic E-state index is 0.0914. The number of hydrazone groups is 1. The summed E-state index contributed by atoms with van der Waals surface area (Å²) in [6.45, 7) is 3.89. The van der Waals surface area contributed by atoms with Gasteiger partial charge in [0.15, 0.2) is 5.76 Å². The molecule has 0 saturated carbocycles. The summed E-state index contributed by atoms with van der Waals surface area (Å²) in [5.41, 5.74) is 4.82. The van der Waals surface area contributed by atoms with E-state index in [1.54, 1.807) is 4.90 Å². The van der Waals surface area contributed by atoms with Gasteiger partial charge in [-0.25, -0.2) is 5.43 Å². The maximum Gasteiger partial charge on any atom is 0.290 e. The summed E-state index contributed by atoms with van der Waals surface area (Å²) in [4.78, 5) is 37.2. The lowest BCUT2D eigenvalue weighted by Gasteiger charge is -2.26. The van der Waals surface area contributed by atoms with Crippen molar-refractivity contribution in [2.45, 2.75) is 26.2 Å². The van der Waals surface area contributed by atoms with E-state index in [0.29, 0.717) is 56.4 Å². The van der Waals surface area contributed by atoms with Crippen LogP contribution in [0.1, 0.15) is 50.6 Å². The van der Waals surface area contributed by atoms with E-state index in [1.807, 2.05) is 6.92 Å². The highest BCUT2D eigenvalue weighted by molar-refractivity contribution is 6.07. The Morgan fingerprint density at radius 1 is 1.16 bits per heavy atom. The van der Waals surface area contributed by atoms with Crippen molar-refractivity contribution in [3.8, 4) is 0 Å². The van der Waals surface area contributed by atoms with Crippen molar-refractivity contribution in [1.29, 1.82) is 0 Å². The van der Waals surface area contributed by atoms with Crippen molar-refractivity contribution < 1.29 is 23.7 Å². The monoisotopic (exact) mass is 426 g/mol. The number of carbonyl (C=O) groups excluding carboxylic acids is 2. The SMILES string of the molecule is Cc1c(C(=O)N2CCOCC2)oc2c1/C(=N/NC(=O)c1ccc([N+](=O)[O-])cc1)CCC2. The van der Waals surface area contributed by atoms with Crippen LogP contribution >= 0.6 is 0 Å². The molecule has 2 amide bonds. The molecule has 1 N–H and O–H groups in total. The minimum atomic E-state index is -0.525. The summed E-state index contributed by atoms with van der Waals surface area (Å²) < 4.78 is 11.2. The third-order valence-corrected chi connectivity index (χ3v) is 5.45. The van der Waals surface area contributed by atoms with Gasteiger partial charge in [-0.05, 0) is 31.9 Å². The van der Waals surface area contributed by atoms with E-state index in [1.165, 1.54) is 24.3 Å². The van der Waals surface area contributed by atoms with Crippen LogP contribution in [-0.4, -0.2) is 53.7 Å². The molecule has 162 valence electrons. The van der Waals surface area contributed by atoms with Crippen LogP contribution in [0.2, 0.25) is 0 Å². The first kappa shape index (κ1) is 20.7. The molecule has 2 aromatic rings. The summed E-state index contributed by atoms with van der Waals surface area (Å²) in [6.07, 6.45) is 2.12. The number of nitrogens with zero attached hydrogens (tertiary/aromatic N) is 3. The van der Waals surface area contributed by atoms with Crippen LogP contribution in [0.4, 0.5) is 5.69 Å². The van der Waals surface area contributed by atoms with Gasteiger partial charge in [-0.3, -0.25) is 19.7 Å². The molecule has 2 aliphatic rings. The molecular weight excluding hydrogens is 404 g/mol. The summed E-state index contributed by atoms with van der Waals surface area (Å²) in [5, 5.41) is 15.0. The maximum absolute atomic E-state index is 12.9. The van der Waals surface area contributed by atoms with E-state index in [9.17, 15) is 19.7 Å². The number of nitro benzene ring substituents is 1. The van der Waals surface area contributed by atoms with Gasteiger partial charge in [0.25, 0.3) is 17.5 Å². The zero-order chi connectivity index (χ0) is 22.0. The number of fused-ring (bicyclic) bond motifs is 1. The number of nitrogens with one attached hydrogen (secondary N) is 1. The second-order valence-corrected chi connectivity index (χ2v) is 7.42. The van der Waals surface area contributed by atoms with Crippen molar-refractivity contribution in [2.75, 3.05) is 26.3 Å². The molecule has 4 rings (SSSR count). The average molecular weight is 426 g/mol. The van der Waals surface area contributed by atoms with Gasteiger partial charge < -0.3 is 14.1 Å². The molecule has 10 heteroatoms. The first-order chi connectivity index (χ1) is 15.0. The van der Waals surface area contributed by atoms with Crippen molar-refractivity contribution in [3.05, 3.63) is 62.6 Å². The van der Waals surface area contributed by atoms with E-state index >= 15 is 0 Å². The molecule has 0 atom stereocenters. The summed E-state index contributed by atoms with van der Waals surface area (Å²) >= 11 is 0. The summed E-state index contributed by atoms with van der Waals surface area (Å²) in [7, 11) is 0. The number of nitro groups is 1. The van der Waals surface area contributed by atoms with Gasteiger partial charge in [0.2, 0.25) is 0 Å². The van der Waals surface area contributed by atoms with Crippen LogP contribution in [-0.2, 0) is 11.2 Å². The Balaban J connectivity index is 1.54. The highest BCUT2D eigenvalue weighted by Gasteiger charge is 2.30. The molecule has 31 heavy (non-hydrogen) atoms. The van der Waals surface area contributed by atoms with Crippen LogP contribution in [0.25, 0.3) is 0 Å². The summed E-state index contributed by atoms with van der Waals surface area (Å²) in [5.74, 6) is 0.372. The number of furan rings is 1. The number of aryl methyl sites for hydroxylation is 1. The zero-order valence-electron chi connectivity index (χ0n) is 17.1. The van der Waals surface area contributed by atoms with E-state index in [-0.39, 0.29) is 17.2 Å². The lowest BCUT2D eigenvalue weighted by Crippen LogP contribution is -2.40. The third-order valence-electron chi connectivity index (χ3n) is 5.45. The number of ether oxygens (including phenoxy) is 1. The molecule has 0 bridgehead atoms. The van der Waals surface area contributed by atoms with Crippen LogP contribution in [0.3, 0.4) is 0 Å². The zero-order valence-corrected chi connectivity index (χ0v) is 17.1. The summed E-state index contributed by atoms with van der Waals surface area (Å²) in [6, 6.07) is 5.29. The topological polar surface area (TPSA) is 127 Å². The molecule has 1 saturated heterocycles. The van der Waals surface area contributed by atoms with Crippen LogP contribution in [0.5, 0.6) is 0 Å². The minimum Gasteiger partial charge on any atom is -0.455 e. The number of non-ortho nitro benzene ring substituents is 1. The fourth-order valence-corrected chi connectivity index (χ4v) is 3.81. The third kappa shape index (κ3) is 4.19. The number of hydrogen-bond donors (Lipinski definition) is 1. The molecule has 1 aliphatic carbocycles. The molecule has 2 heterocycles. The van der Waals surface area contributed by atoms with Gasteiger partial charge >= 0.3 is 0 Å². The number of carbonyl (C=O) groups is 2. The first-order valence-corrected chi connectivity index (χ1v) is 10.1. The molecule has 0 spiro atoms. The van der Waals surface area contributed by atoms with Gasteiger partial charge in [-0.2, -0.15) is 5.10 Å². The molecule has 1 aliphatic heterocycles. The second kappa shape index (κ2) is 8.68. The highest BCUT2D eigenvalue weighted by atomic mass is 16.6. The lowest BCUT2D eigenvalue weighted by molar-refractivity contribution is -0.384. The standard InChI is InChI=1S/C21H22N4O6/c1-13-18-16(22-23-20(26)14-5-7-15(8-6-14)25(28)29)3-2-4-17(18)31-19(13)21(27)24-9-11-30-12-10-24/h5-8H,2-4,9-12H2,1H3,(H,23,26)/b22-16+. The highest BCUT2D eigenvalue weighted by Crippen LogP contribution is 2.30. The Bertz CT molecular complexity index is 1050. The largest absolute Gasteiger partial charge is 0.455 e. The van der Waals surface area contributed by atoms with Crippen LogP contribution in [0.15, 0.2) is 33.8 Å². The smallest absolute Gasteiger partial charge is 0.290 e. The molecule has 1 aromatic heterocycles. The van der Waals surface area contributed by atoms with Gasteiger partial charge in [0, 0.05) is 48.3 Å². The normalized spacial score (nSPS) is 17.3. The van der Waals surface area contributed by atoms with Crippen molar-refractivity contribution in [2.24, 2.45) is 5.10 Å². The first-order valence-electron chi connectivity index (χ1n) is 10.1.